The summed E-state index contributed by atoms with van der Waals surface area (Å²) in [6, 6.07) is 4.43. The zero-order chi connectivity index (χ0) is 16.9. The smallest absolute Gasteiger partial charge is 0.251 e. The number of nitrogens with one attached hydrogen (secondary N) is 1. The number of aryl methyl sites for hydroxylation is 1. The van der Waals surface area contributed by atoms with E-state index in [0.717, 1.165) is 18.5 Å². The van der Waals surface area contributed by atoms with Crippen molar-refractivity contribution in [1.82, 2.24) is 14.5 Å². The first kappa shape index (κ1) is 16.4. The van der Waals surface area contributed by atoms with Gasteiger partial charge in [-0.3, -0.25) is 14.6 Å². The molecule has 126 valence electrons. The number of anilines is 1. The summed E-state index contributed by atoms with van der Waals surface area (Å²) in [5.74, 6) is 0.677. The fourth-order valence-corrected chi connectivity index (χ4v) is 3.27. The van der Waals surface area contributed by atoms with Crippen molar-refractivity contribution in [2.24, 2.45) is 5.92 Å². The van der Waals surface area contributed by atoms with Gasteiger partial charge in [0.15, 0.2) is 5.82 Å². The molecule has 2 heterocycles. The molecule has 0 aliphatic heterocycles. The van der Waals surface area contributed by atoms with Gasteiger partial charge in [-0.1, -0.05) is 31.7 Å². The predicted octanol–water partition coefficient (Wildman–Crippen LogP) is 2.71. The van der Waals surface area contributed by atoms with Crippen LogP contribution < -0.4 is 10.9 Å². The Morgan fingerprint density at radius 1 is 1.29 bits per heavy atom. The standard InChI is InChI=1S/C18H22N4O2/c1-13-11-20-16(12-19-13)21-18(24)15(10-14-6-2-3-7-14)22-9-5-4-8-17(22)23/h4-5,8-9,11-12,14-15H,2-3,6-7,10H2,1H3,(H,20,21,24)/t15-/m0/s1. The lowest BCUT2D eigenvalue weighted by molar-refractivity contribution is -0.119. The lowest BCUT2D eigenvalue weighted by Crippen LogP contribution is -2.34. The van der Waals surface area contributed by atoms with Gasteiger partial charge in [0.1, 0.15) is 6.04 Å². The molecule has 1 amide bonds. The van der Waals surface area contributed by atoms with Crippen LogP contribution in [0.1, 0.15) is 43.8 Å². The second kappa shape index (κ2) is 7.38. The number of nitrogens with zero attached hydrogens (tertiary/aromatic N) is 3. The molecule has 1 fully saturated rings. The average molecular weight is 326 g/mol. The molecule has 0 saturated heterocycles. The second-order valence-corrected chi connectivity index (χ2v) is 6.38. The first-order valence-electron chi connectivity index (χ1n) is 8.40. The van der Waals surface area contributed by atoms with Crippen molar-refractivity contribution in [3.8, 4) is 0 Å². The zero-order valence-corrected chi connectivity index (χ0v) is 13.8. The highest BCUT2D eigenvalue weighted by molar-refractivity contribution is 5.92. The number of pyridine rings is 1. The number of hydrogen-bond acceptors (Lipinski definition) is 4. The summed E-state index contributed by atoms with van der Waals surface area (Å²) in [4.78, 5) is 33.3. The molecule has 0 bridgehead atoms. The Morgan fingerprint density at radius 2 is 2.08 bits per heavy atom. The van der Waals surface area contributed by atoms with Gasteiger partial charge in [0, 0.05) is 12.3 Å². The molecule has 0 spiro atoms. The highest BCUT2D eigenvalue weighted by Crippen LogP contribution is 2.32. The molecule has 2 aromatic rings. The Bertz CT molecular complexity index is 748. The molecule has 0 unspecified atom stereocenters. The van der Waals surface area contributed by atoms with Gasteiger partial charge in [0.05, 0.1) is 18.1 Å². The molecule has 1 aliphatic rings. The lowest BCUT2D eigenvalue weighted by atomic mass is 9.97. The predicted molar refractivity (Wildman–Crippen MR) is 91.7 cm³/mol. The molecule has 0 radical (unpaired) electrons. The Labute approximate surface area is 141 Å². The third-order valence-corrected chi connectivity index (χ3v) is 4.55. The van der Waals surface area contributed by atoms with Gasteiger partial charge in [-0.2, -0.15) is 0 Å². The molecule has 1 atom stereocenters. The van der Waals surface area contributed by atoms with Crippen LogP contribution in [-0.2, 0) is 4.79 Å². The second-order valence-electron chi connectivity index (χ2n) is 6.38. The van der Waals surface area contributed by atoms with E-state index in [1.807, 2.05) is 6.92 Å². The van der Waals surface area contributed by atoms with Gasteiger partial charge in [-0.25, -0.2) is 4.98 Å². The fraction of sp³-hybridized carbons (Fsp3) is 0.444. The molecule has 0 aromatic carbocycles. The summed E-state index contributed by atoms with van der Waals surface area (Å²) in [5.41, 5.74) is 0.625. The van der Waals surface area contributed by atoms with Gasteiger partial charge in [-0.15, -0.1) is 0 Å². The fourth-order valence-electron chi connectivity index (χ4n) is 3.27. The molecule has 2 aromatic heterocycles. The molecule has 1 aliphatic carbocycles. The van der Waals surface area contributed by atoms with Gasteiger partial charge in [0.2, 0.25) is 5.91 Å². The molecular formula is C18H22N4O2. The average Bonchev–Trinajstić information content (AvgIpc) is 3.09. The van der Waals surface area contributed by atoms with Gasteiger partial charge < -0.3 is 9.88 Å². The monoisotopic (exact) mass is 326 g/mol. The lowest BCUT2D eigenvalue weighted by Gasteiger charge is -2.22. The Hall–Kier alpha value is -2.50. The molecule has 3 rings (SSSR count). The minimum absolute atomic E-state index is 0.161. The van der Waals surface area contributed by atoms with Crippen molar-refractivity contribution in [1.29, 1.82) is 0 Å². The van der Waals surface area contributed by atoms with Crippen LogP contribution in [0.2, 0.25) is 0 Å². The zero-order valence-electron chi connectivity index (χ0n) is 13.8. The highest BCUT2D eigenvalue weighted by Gasteiger charge is 2.27. The van der Waals surface area contributed by atoms with Crippen molar-refractivity contribution in [3.63, 3.8) is 0 Å². The quantitative estimate of drug-likeness (QED) is 0.916. The highest BCUT2D eigenvalue weighted by atomic mass is 16.2. The maximum atomic E-state index is 12.8. The van der Waals surface area contributed by atoms with Crippen LogP contribution in [-0.4, -0.2) is 20.4 Å². The number of amides is 1. The van der Waals surface area contributed by atoms with Crippen LogP contribution >= 0.6 is 0 Å². The van der Waals surface area contributed by atoms with Crippen molar-refractivity contribution < 1.29 is 4.79 Å². The number of rotatable bonds is 5. The summed E-state index contributed by atoms with van der Waals surface area (Å²) in [5, 5.41) is 2.80. The first-order valence-corrected chi connectivity index (χ1v) is 8.40. The van der Waals surface area contributed by atoms with Crippen LogP contribution in [0.15, 0.2) is 41.6 Å². The van der Waals surface area contributed by atoms with Gasteiger partial charge in [-0.05, 0) is 25.3 Å². The van der Waals surface area contributed by atoms with Crippen molar-refractivity contribution in [2.45, 2.75) is 45.1 Å². The van der Waals surface area contributed by atoms with E-state index >= 15 is 0 Å². The van der Waals surface area contributed by atoms with Crippen LogP contribution in [0, 0.1) is 12.8 Å². The number of hydrogen-bond donors (Lipinski definition) is 1. The van der Waals surface area contributed by atoms with Crippen molar-refractivity contribution in [2.75, 3.05) is 5.32 Å². The molecule has 6 nitrogen and oxygen atoms in total. The van der Waals surface area contributed by atoms with Crippen LogP contribution in [0.5, 0.6) is 0 Å². The minimum Gasteiger partial charge on any atom is -0.308 e. The van der Waals surface area contributed by atoms with E-state index in [1.54, 1.807) is 24.5 Å². The topological polar surface area (TPSA) is 76.9 Å². The SMILES string of the molecule is Cc1cnc(NC(=O)[C@H](CC2CCCC2)n2ccccc2=O)cn1. The van der Waals surface area contributed by atoms with Crippen LogP contribution in [0.4, 0.5) is 5.82 Å². The maximum Gasteiger partial charge on any atom is 0.251 e. The minimum atomic E-state index is -0.523. The third-order valence-electron chi connectivity index (χ3n) is 4.55. The number of carbonyl (C=O) groups is 1. The molecule has 1 N–H and O–H groups in total. The number of aromatic nitrogens is 3. The Morgan fingerprint density at radius 3 is 2.75 bits per heavy atom. The summed E-state index contributed by atoms with van der Waals surface area (Å²) in [6.45, 7) is 1.84. The summed E-state index contributed by atoms with van der Waals surface area (Å²) >= 11 is 0. The van der Waals surface area contributed by atoms with E-state index in [2.05, 4.69) is 15.3 Å². The molecular weight excluding hydrogens is 304 g/mol. The van der Waals surface area contributed by atoms with Gasteiger partial charge in [0.25, 0.3) is 5.56 Å². The summed E-state index contributed by atoms with van der Waals surface area (Å²) in [6.07, 6.45) is 10.1. The summed E-state index contributed by atoms with van der Waals surface area (Å²) < 4.78 is 1.52. The van der Waals surface area contributed by atoms with E-state index in [-0.39, 0.29) is 11.5 Å². The van der Waals surface area contributed by atoms with E-state index in [9.17, 15) is 9.59 Å². The van der Waals surface area contributed by atoms with Crippen LogP contribution in [0.3, 0.4) is 0 Å². The third kappa shape index (κ3) is 3.88. The number of carbonyl (C=O) groups excluding carboxylic acids is 1. The van der Waals surface area contributed by atoms with Crippen molar-refractivity contribution >= 4 is 11.7 Å². The van der Waals surface area contributed by atoms with E-state index in [1.165, 1.54) is 29.7 Å². The maximum absolute atomic E-state index is 12.8. The normalized spacial score (nSPS) is 16.0. The molecule has 1 saturated carbocycles. The van der Waals surface area contributed by atoms with Gasteiger partial charge >= 0.3 is 0 Å². The van der Waals surface area contributed by atoms with Crippen molar-refractivity contribution in [3.05, 3.63) is 52.8 Å². The Kier molecular flexibility index (Phi) is 5.03. The van der Waals surface area contributed by atoms with E-state index in [0.29, 0.717) is 18.2 Å². The Balaban J connectivity index is 1.82. The van der Waals surface area contributed by atoms with Crippen LogP contribution in [0.25, 0.3) is 0 Å². The molecule has 6 heteroatoms. The van der Waals surface area contributed by atoms with E-state index in [4.69, 9.17) is 0 Å². The van der Waals surface area contributed by atoms with E-state index < -0.39 is 6.04 Å². The summed E-state index contributed by atoms with van der Waals surface area (Å²) in [7, 11) is 0. The largest absolute Gasteiger partial charge is 0.308 e. The first-order chi connectivity index (χ1) is 11.6. The molecule has 24 heavy (non-hydrogen) atoms.